The molecule has 0 radical (unpaired) electrons. The van der Waals surface area contributed by atoms with Crippen LogP contribution < -0.4 is 4.74 Å². The molecule has 2 rings (SSSR count). The third-order valence-electron chi connectivity index (χ3n) is 3.05. The maximum atomic E-state index is 12.1. The molecule has 1 atom stereocenters. The third kappa shape index (κ3) is 2.81. The molecular weight excluding hydrogens is 226 g/mol. The van der Waals surface area contributed by atoms with Crippen molar-refractivity contribution in [2.45, 2.75) is 32.8 Å². The van der Waals surface area contributed by atoms with E-state index in [9.17, 15) is 13.6 Å². The van der Waals surface area contributed by atoms with E-state index in [4.69, 9.17) is 0 Å². The van der Waals surface area contributed by atoms with Crippen molar-refractivity contribution in [1.82, 2.24) is 0 Å². The minimum atomic E-state index is -2.85. The molecule has 0 heterocycles. The molecule has 0 saturated carbocycles. The molecule has 0 spiro atoms. The number of carbonyl (C=O) groups is 1. The largest absolute Gasteiger partial charge is 0.435 e. The van der Waals surface area contributed by atoms with Crippen LogP contribution in [0.25, 0.3) is 0 Å². The Kier molecular flexibility index (Phi) is 3.41. The molecular formula is C13H14F2O2. The minimum Gasteiger partial charge on any atom is -0.435 e. The Morgan fingerprint density at radius 2 is 2.18 bits per heavy atom. The molecule has 1 aromatic rings. The van der Waals surface area contributed by atoms with Crippen molar-refractivity contribution in [1.29, 1.82) is 0 Å². The van der Waals surface area contributed by atoms with Gasteiger partial charge in [-0.2, -0.15) is 8.78 Å². The number of benzene rings is 1. The monoisotopic (exact) mass is 240 g/mol. The lowest BCUT2D eigenvalue weighted by Crippen LogP contribution is -2.06. The fourth-order valence-electron chi connectivity index (χ4n) is 2.14. The van der Waals surface area contributed by atoms with E-state index in [1.54, 1.807) is 6.07 Å². The third-order valence-corrected chi connectivity index (χ3v) is 3.05. The Balaban J connectivity index is 2.31. The number of hydrogen-bond donors (Lipinski definition) is 0. The zero-order chi connectivity index (χ0) is 12.4. The molecule has 0 saturated heterocycles. The highest BCUT2D eigenvalue weighted by Gasteiger charge is 2.20. The van der Waals surface area contributed by atoms with Crippen molar-refractivity contribution in [3.63, 3.8) is 0 Å². The molecule has 1 aromatic carbocycles. The zero-order valence-corrected chi connectivity index (χ0v) is 9.58. The van der Waals surface area contributed by atoms with Gasteiger partial charge >= 0.3 is 6.61 Å². The van der Waals surface area contributed by atoms with Crippen molar-refractivity contribution >= 4 is 5.78 Å². The first-order chi connectivity index (χ1) is 8.06. The van der Waals surface area contributed by atoms with Crippen LogP contribution in [0.5, 0.6) is 5.75 Å². The highest BCUT2D eigenvalue weighted by Crippen LogP contribution is 2.27. The van der Waals surface area contributed by atoms with Crippen LogP contribution in [0.4, 0.5) is 8.78 Å². The van der Waals surface area contributed by atoms with Crippen LogP contribution in [0.3, 0.4) is 0 Å². The summed E-state index contributed by atoms with van der Waals surface area (Å²) in [6.45, 7) is -0.826. The normalized spacial score (nSPS) is 20.0. The molecule has 1 aliphatic carbocycles. The van der Waals surface area contributed by atoms with E-state index in [0.29, 0.717) is 17.9 Å². The van der Waals surface area contributed by atoms with E-state index in [1.807, 2.05) is 6.92 Å². The van der Waals surface area contributed by atoms with Gasteiger partial charge in [-0.3, -0.25) is 4.79 Å². The fraction of sp³-hybridized carbons (Fsp3) is 0.462. The van der Waals surface area contributed by atoms with Crippen LogP contribution >= 0.6 is 0 Å². The number of ether oxygens (including phenoxy) is 1. The standard InChI is InChI=1S/C13H14F2O2/c1-8-2-3-9-4-5-10(17-13(14)15)7-11(9)12(16)6-8/h4-5,7-8,13H,2-3,6H2,1H3. The van der Waals surface area contributed by atoms with Gasteiger partial charge < -0.3 is 4.74 Å². The highest BCUT2D eigenvalue weighted by molar-refractivity contribution is 5.98. The van der Waals surface area contributed by atoms with E-state index in [2.05, 4.69) is 4.74 Å². The average Bonchev–Trinajstić information content (AvgIpc) is 2.38. The Labute approximate surface area is 98.6 Å². The van der Waals surface area contributed by atoms with Gasteiger partial charge in [-0.1, -0.05) is 13.0 Å². The van der Waals surface area contributed by atoms with Gasteiger partial charge in [0.1, 0.15) is 5.75 Å². The second-order valence-corrected chi connectivity index (χ2v) is 4.47. The summed E-state index contributed by atoms with van der Waals surface area (Å²) in [5.74, 6) is 0.417. The average molecular weight is 240 g/mol. The van der Waals surface area contributed by atoms with Crippen LogP contribution in [0, 0.1) is 5.92 Å². The van der Waals surface area contributed by atoms with Gasteiger partial charge in [0, 0.05) is 12.0 Å². The molecule has 0 N–H and O–H groups in total. The van der Waals surface area contributed by atoms with E-state index in [1.165, 1.54) is 12.1 Å². The van der Waals surface area contributed by atoms with Gasteiger partial charge in [-0.25, -0.2) is 0 Å². The van der Waals surface area contributed by atoms with Crippen LogP contribution in [0.2, 0.25) is 0 Å². The Hall–Kier alpha value is -1.45. The summed E-state index contributed by atoms with van der Waals surface area (Å²) < 4.78 is 28.5. The smallest absolute Gasteiger partial charge is 0.387 e. The number of ketones is 1. The Morgan fingerprint density at radius 3 is 2.88 bits per heavy atom. The summed E-state index contributed by atoms with van der Waals surface area (Å²) in [7, 11) is 0. The number of Topliss-reactive ketones (excluding diaryl/α,β-unsaturated/α-hetero) is 1. The van der Waals surface area contributed by atoms with Crippen LogP contribution in [0.1, 0.15) is 35.7 Å². The summed E-state index contributed by atoms with van der Waals surface area (Å²) in [5, 5.41) is 0. The Morgan fingerprint density at radius 1 is 1.41 bits per heavy atom. The van der Waals surface area contributed by atoms with Crippen LogP contribution in [-0.2, 0) is 6.42 Å². The highest BCUT2D eigenvalue weighted by atomic mass is 19.3. The van der Waals surface area contributed by atoms with Gasteiger partial charge in [0.05, 0.1) is 0 Å². The van der Waals surface area contributed by atoms with Crippen molar-refractivity contribution in [2.75, 3.05) is 0 Å². The zero-order valence-electron chi connectivity index (χ0n) is 9.58. The topological polar surface area (TPSA) is 26.3 Å². The molecule has 0 fully saturated rings. The maximum absolute atomic E-state index is 12.1. The van der Waals surface area contributed by atoms with Crippen molar-refractivity contribution in [3.8, 4) is 5.75 Å². The first kappa shape index (κ1) is 12.0. The maximum Gasteiger partial charge on any atom is 0.387 e. The molecule has 0 aromatic heterocycles. The number of rotatable bonds is 2. The second kappa shape index (κ2) is 4.82. The molecule has 1 aliphatic rings. The van der Waals surface area contributed by atoms with E-state index in [-0.39, 0.29) is 11.5 Å². The first-order valence-corrected chi connectivity index (χ1v) is 5.67. The fourth-order valence-corrected chi connectivity index (χ4v) is 2.14. The number of carbonyl (C=O) groups excluding carboxylic acids is 1. The molecule has 2 nitrogen and oxygen atoms in total. The number of aryl methyl sites for hydroxylation is 1. The summed E-state index contributed by atoms with van der Waals surface area (Å²) in [4.78, 5) is 11.9. The predicted molar refractivity (Wildman–Crippen MR) is 59.5 cm³/mol. The van der Waals surface area contributed by atoms with Crippen molar-refractivity contribution in [2.24, 2.45) is 5.92 Å². The molecule has 0 bridgehead atoms. The predicted octanol–water partition coefficient (Wildman–Crippen LogP) is 3.44. The van der Waals surface area contributed by atoms with Crippen LogP contribution in [-0.4, -0.2) is 12.4 Å². The van der Waals surface area contributed by atoms with E-state index < -0.39 is 6.61 Å². The summed E-state index contributed by atoms with van der Waals surface area (Å²) in [6.07, 6.45) is 2.25. The number of hydrogen-bond acceptors (Lipinski definition) is 2. The number of fused-ring (bicyclic) bond motifs is 1. The molecule has 92 valence electrons. The van der Waals surface area contributed by atoms with E-state index in [0.717, 1.165) is 18.4 Å². The van der Waals surface area contributed by atoms with Gasteiger partial charge in [-0.15, -0.1) is 0 Å². The number of halogens is 2. The summed E-state index contributed by atoms with van der Waals surface area (Å²) in [5.41, 5.74) is 1.47. The molecule has 4 heteroatoms. The first-order valence-electron chi connectivity index (χ1n) is 5.67. The molecule has 0 amide bonds. The van der Waals surface area contributed by atoms with Gasteiger partial charge in [0.15, 0.2) is 5.78 Å². The van der Waals surface area contributed by atoms with Crippen LogP contribution in [0.15, 0.2) is 18.2 Å². The van der Waals surface area contributed by atoms with Crippen molar-refractivity contribution in [3.05, 3.63) is 29.3 Å². The van der Waals surface area contributed by atoms with Gasteiger partial charge in [0.2, 0.25) is 0 Å². The van der Waals surface area contributed by atoms with Gasteiger partial charge in [-0.05, 0) is 36.5 Å². The minimum absolute atomic E-state index is 0.0183. The lowest BCUT2D eigenvalue weighted by Gasteiger charge is -2.08. The quantitative estimate of drug-likeness (QED) is 0.740. The molecule has 17 heavy (non-hydrogen) atoms. The van der Waals surface area contributed by atoms with E-state index >= 15 is 0 Å². The summed E-state index contributed by atoms with van der Waals surface area (Å²) >= 11 is 0. The molecule has 1 unspecified atom stereocenters. The second-order valence-electron chi connectivity index (χ2n) is 4.47. The number of alkyl halides is 2. The van der Waals surface area contributed by atoms with Gasteiger partial charge in [0.25, 0.3) is 0 Å². The Bertz CT molecular complexity index is 429. The molecule has 0 aliphatic heterocycles. The lowest BCUT2D eigenvalue weighted by molar-refractivity contribution is -0.0498. The lowest BCUT2D eigenvalue weighted by atomic mass is 10.0. The SMILES string of the molecule is CC1CCc2ccc(OC(F)F)cc2C(=O)C1. The van der Waals surface area contributed by atoms with Crippen molar-refractivity contribution < 1.29 is 18.3 Å². The summed E-state index contributed by atoms with van der Waals surface area (Å²) in [6, 6.07) is 4.64.